The third kappa shape index (κ3) is 8.27. The zero-order valence-electron chi connectivity index (χ0n) is 13.9. The maximum atomic E-state index is 11.6. The molecule has 1 saturated heterocycles. The molecule has 1 aliphatic heterocycles. The van der Waals surface area contributed by atoms with Crippen molar-refractivity contribution in [2.24, 2.45) is 11.8 Å². The Labute approximate surface area is 129 Å². The van der Waals surface area contributed by atoms with Crippen LogP contribution in [0, 0.1) is 11.8 Å². The van der Waals surface area contributed by atoms with E-state index in [0.29, 0.717) is 19.5 Å². The summed E-state index contributed by atoms with van der Waals surface area (Å²) < 4.78 is 0. The fraction of sp³-hybridized carbons (Fsp3) is 0.938. The van der Waals surface area contributed by atoms with E-state index < -0.39 is 0 Å². The minimum absolute atomic E-state index is 0.126. The van der Waals surface area contributed by atoms with E-state index in [2.05, 4.69) is 29.4 Å². The fourth-order valence-corrected chi connectivity index (χ4v) is 3.10. The van der Waals surface area contributed by atoms with Crippen LogP contribution in [-0.4, -0.2) is 54.9 Å². The van der Waals surface area contributed by atoms with Gasteiger partial charge < -0.3 is 20.6 Å². The Bertz CT molecular complexity index is 289. The predicted octanol–water partition coefficient (Wildman–Crippen LogP) is 1.81. The largest absolute Gasteiger partial charge is 0.393 e. The lowest BCUT2D eigenvalue weighted by molar-refractivity contribution is 0.139. The van der Waals surface area contributed by atoms with Crippen molar-refractivity contribution >= 4 is 6.03 Å². The Morgan fingerprint density at radius 1 is 1.24 bits per heavy atom. The van der Waals surface area contributed by atoms with Crippen LogP contribution in [0.2, 0.25) is 0 Å². The summed E-state index contributed by atoms with van der Waals surface area (Å²) in [6, 6.07) is -0.126. The van der Waals surface area contributed by atoms with Crippen LogP contribution >= 0.6 is 0 Å². The Morgan fingerprint density at radius 3 is 2.48 bits per heavy atom. The third-order valence-electron chi connectivity index (χ3n) is 4.12. The number of nitrogens with one attached hydrogen (secondary N) is 2. The number of carbonyl (C=O) groups is 1. The molecule has 21 heavy (non-hydrogen) atoms. The van der Waals surface area contributed by atoms with Crippen LogP contribution in [-0.2, 0) is 0 Å². The highest BCUT2D eigenvalue weighted by Gasteiger charge is 2.20. The molecule has 1 aliphatic rings. The van der Waals surface area contributed by atoms with Crippen LogP contribution in [0.3, 0.4) is 0 Å². The number of aliphatic hydroxyl groups is 1. The second-order valence-electron chi connectivity index (χ2n) is 6.59. The van der Waals surface area contributed by atoms with Crippen molar-refractivity contribution in [1.29, 1.82) is 0 Å². The zero-order chi connectivity index (χ0) is 15.7. The number of hydrogen-bond donors (Lipinski definition) is 3. The molecule has 3 unspecified atom stereocenters. The molecule has 1 fully saturated rings. The van der Waals surface area contributed by atoms with Crippen LogP contribution in [0.15, 0.2) is 0 Å². The first-order valence-corrected chi connectivity index (χ1v) is 8.43. The van der Waals surface area contributed by atoms with Crippen LogP contribution < -0.4 is 10.6 Å². The number of carbonyl (C=O) groups excluding carboxylic acids is 1. The maximum Gasteiger partial charge on any atom is 0.314 e. The van der Waals surface area contributed by atoms with E-state index in [1.165, 1.54) is 19.5 Å². The Hall–Kier alpha value is -0.810. The van der Waals surface area contributed by atoms with Crippen molar-refractivity contribution in [1.82, 2.24) is 15.5 Å². The summed E-state index contributed by atoms with van der Waals surface area (Å²) in [5, 5.41) is 15.0. The van der Waals surface area contributed by atoms with Crippen molar-refractivity contribution in [3.8, 4) is 0 Å². The number of amides is 2. The van der Waals surface area contributed by atoms with Gasteiger partial charge in [0.25, 0.3) is 0 Å². The van der Waals surface area contributed by atoms with E-state index in [9.17, 15) is 9.90 Å². The molecule has 2 amide bonds. The molecule has 0 aromatic carbocycles. The third-order valence-corrected chi connectivity index (χ3v) is 4.12. The second-order valence-corrected chi connectivity index (χ2v) is 6.59. The van der Waals surface area contributed by atoms with Gasteiger partial charge in [-0.15, -0.1) is 0 Å². The molecular formula is C16H33N3O2. The first-order chi connectivity index (χ1) is 10.0. The number of likely N-dealkylation sites (tertiary alicyclic amines) is 1. The van der Waals surface area contributed by atoms with E-state index in [0.717, 1.165) is 31.2 Å². The standard InChI is InChI=1S/C16H33N3O2/c1-4-15(20)6-8-18-16(21)17-7-5-9-19-11-13(2)10-14(3)12-19/h13-15,20H,4-12H2,1-3H3,(H2,17,18,21). The number of piperidine rings is 1. The summed E-state index contributed by atoms with van der Waals surface area (Å²) in [6.45, 7) is 11.2. The monoisotopic (exact) mass is 299 g/mol. The number of rotatable bonds is 8. The van der Waals surface area contributed by atoms with Gasteiger partial charge in [-0.3, -0.25) is 0 Å². The molecule has 124 valence electrons. The topological polar surface area (TPSA) is 64.6 Å². The van der Waals surface area contributed by atoms with Gasteiger partial charge in [0.1, 0.15) is 0 Å². The molecule has 0 saturated carbocycles. The van der Waals surface area contributed by atoms with Crippen molar-refractivity contribution in [2.45, 2.75) is 52.6 Å². The highest BCUT2D eigenvalue weighted by molar-refractivity contribution is 5.73. The molecule has 0 spiro atoms. The summed E-state index contributed by atoms with van der Waals surface area (Å²) in [4.78, 5) is 14.1. The fourth-order valence-electron chi connectivity index (χ4n) is 3.10. The van der Waals surface area contributed by atoms with Crippen LogP contribution in [0.5, 0.6) is 0 Å². The molecule has 3 N–H and O–H groups in total. The van der Waals surface area contributed by atoms with E-state index in [1.54, 1.807) is 0 Å². The zero-order valence-corrected chi connectivity index (χ0v) is 13.9. The van der Waals surface area contributed by atoms with Gasteiger partial charge in [-0.2, -0.15) is 0 Å². The van der Waals surface area contributed by atoms with Crippen LogP contribution in [0.25, 0.3) is 0 Å². The van der Waals surface area contributed by atoms with Gasteiger partial charge in [-0.25, -0.2) is 4.79 Å². The molecule has 0 aliphatic carbocycles. The Kier molecular flexibility index (Phi) is 8.69. The molecule has 5 nitrogen and oxygen atoms in total. The lowest BCUT2D eigenvalue weighted by Crippen LogP contribution is -2.41. The summed E-state index contributed by atoms with van der Waals surface area (Å²) in [5.74, 6) is 1.57. The number of hydrogen-bond acceptors (Lipinski definition) is 3. The van der Waals surface area contributed by atoms with Gasteiger partial charge in [-0.05, 0) is 44.1 Å². The molecule has 1 heterocycles. The molecule has 0 radical (unpaired) electrons. The minimum Gasteiger partial charge on any atom is -0.393 e. The summed E-state index contributed by atoms with van der Waals surface area (Å²) in [7, 11) is 0. The van der Waals surface area contributed by atoms with Crippen molar-refractivity contribution in [3.63, 3.8) is 0 Å². The summed E-state index contributed by atoms with van der Waals surface area (Å²) in [6.07, 6.45) is 3.36. The predicted molar refractivity (Wildman–Crippen MR) is 86.3 cm³/mol. The van der Waals surface area contributed by atoms with Crippen molar-refractivity contribution in [3.05, 3.63) is 0 Å². The van der Waals surface area contributed by atoms with Gasteiger partial charge in [0.2, 0.25) is 0 Å². The summed E-state index contributed by atoms with van der Waals surface area (Å²) in [5.41, 5.74) is 0. The summed E-state index contributed by atoms with van der Waals surface area (Å²) >= 11 is 0. The lowest BCUT2D eigenvalue weighted by Gasteiger charge is -2.34. The normalized spacial score (nSPS) is 24.6. The molecule has 0 aromatic rings. The number of aliphatic hydroxyl groups excluding tert-OH is 1. The highest BCUT2D eigenvalue weighted by Crippen LogP contribution is 2.20. The lowest BCUT2D eigenvalue weighted by atomic mass is 9.92. The van der Waals surface area contributed by atoms with Crippen molar-refractivity contribution in [2.75, 3.05) is 32.7 Å². The maximum absolute atomic E-state index is 11.6. The van der Waals surface area contributed by atoms with E-state index in [4.69, 9.17) is 0 Å². The molecule has 0 bridgehead atoms. The van der Waals surface area contributed by atoms with Crippen molar-refractivity contribution < 1.29 is 9.90 Å². The van der Waals surface area contributed by atoms with E-state index in [-0.39, 0.29) is 12.1 Å². The highest BCUT2D eigenvalue weighted by atomic mass is 16.3. The Balaban J connectivity index is 2.01. The van der Waals surface area contributed by atoms with Gasteiger partial charge in [0.15, 0.2) is 0 Å². The minimum atomic E-state index is -0.312. The SMILES string of the molecule is CCC(O)CCNC(=O)NCCCN1CC(C)CC(C)C1. The average molecular weight is 299 g/mol. The first kappa shape index (κ1) is 18.2. The first-order valence-electron chi connectivity index (χ1n) is 8.43. The van der Waals surface area contributed by atoms with E-state index in [1.807, 2.05) is 6.92 Å². The number of nitrogens with zero attached hydrogens (tertiary/aromatic N) is 1. The quantitative estimate of drug-likeness (QED) is 0.599. The second kappa shape index (κ2) is 10.0. The molecule has 0 aromatic heterocycles. The number of urea groups is 1. The Morgan fingerprint density at radius 2 is 1.86 bits per heavy atom. The van der Waals surface area contributed by atoms with Gasteiger partial charge >= 0.3 is 6.03 Å². The van der Waals surface area contributed by atoms with Gasteiger partial charge in [-0.1, -0.05) is 20.8 Å². The molecular weight excluding hydrogens is 266 g/mol. The van der Waals surface area contributed by atoms with Crippen LogP contribution in [0.4, 0.5) is 4.79 Å². The molecule has 3 atom stereocenters. The average Bonchev–Trinajstić information content (AvgIpc) is 2.42. The van der Waals surface area contributed by atoms with Gasteiger partial charge in [0, 0.05) is 26.2 Å². The smallest absolute Gasteiger partial charge is 0.314 e. The van der Waals surface area contributed by atoms with Gasteiger partial charge in [0.05, 0.1) is 6.10 Å². The van der Waals surface area contributed by atoms with Crippen LogP contribution in [0.1, 0.15) is 46.5 Å². The molecule has 1 rings (SSSR count). The molecule has 5 heteroatoms. The van der Waals surface area contributed by atoms with E-state index >= 15 is 0 Å².